The summed E-state index contributed by atoms with van der Waals surface area (Å²) in [5, 5.41) is 3.40. The number of carbonyl (C=O) groups is 2. The lowest BCUT2D eigenvalue weighted by molar-refractivity contribution is -0.129. The monoisotopic (exact) mass is 308 g/mol. The molecule has 0 bridgehead atoms. The molecule has 1 saturated carbocycles. The first-order valence-corrected chi connectivity index (χ1v) is 7.60. The molecule has 1 aromatic carbocycles. The Bertz CT molecular complexity index is 544. The summed E-state index contributed by atoms with van der Waals surface area (Å²) < 4.78 is 0. The van der Waals surface area contributed by atoms with Crippen molar-refractivity contribution in [3.63, 3.8) is 0 Å². The topological polar surface area (TPSA) is 49.4 Å². The first-order valence-electron chi connectivity index (χ1n) is 7.22. The third-order valence-corrected chi connectivity index (χ3v) is 3.97. The van der Waals surface area contributed by atoms with Crippen LogP contribution < -0.4 is 5.32 Å². The highest BCUT2D eigenvalue weighted by Gasteiger charge is 2.30. The van der Waals surface area contributed by atoms with Crippen molar-refractivity contribution in [2.45, 2.75) is 46.1 Å². The van der Waals surface area contributed by atoms with Crippen LogP contribution in [0.15, 0.2) is 12.1 Å². The number of aryl methyl sites for hydroxylation is 2. The van der Waals surface area contributed by atoms with E-state index in [-0.39, 0.29) is 11.8 Å². The van der Waals surface area contributed by atoms with Crippen molar-refractivity contribution < 1.29 is 9.59 Å². The number of hydrogen-bond donors (Lipinski definition) is 1. The predicted octanol–water partition coefficient (Wildman–Crippen LogP) is 3.30. The standard InChI is InChI=1S/C16H21ClN2O2/c1-10-8-11(2)16(14(17)9-10)18-15(21)6-7-19(12(3)20)13-4-5-13/h8-9,13H,4-7H2,1-3H3,(H,18,21). The zero-order valence-electron chi connectivity index (χ0n) is 12.7. The van der Waals surface area contributed by atoms with Crippen LogP contribution in [0.3, 0.4) is 0 Å². The number of benzene rings is 1. The number of halogens is 1. The molecular weight excluding hydrogens is 288 g/mol. The molecule has 0 atom stereocenters. The Hall–Kier alpha value is -1.55. The first-order chi connectivity index (χ1) is 9.88. The number of hydrogen-bond acceptors (Lipinski definition) is 2. The highest BCUT2D eigenvalue weighted by molar-refractivity contribution is 6.34. The van der Waals surface area contributed by atoms with Gasteiger partial charge in [0.2, 0.25) is 11.8 Å². The van der Waals surface area contributed by atoms with E-state index < -0.39 is 0 Å². The third-order valence-electron chi connectivity index (χ3n) is 3.67. The van der Waals surface area contributed by atoms with Crippen LogP contribution in [0.5, 0.6) is 0 Å². The first kappa shape index (κ1) is 15.8. The second kappa shape index (κ2) is 6.48. The van der Waals surface area contributed by atoms with Crippen molar-refractivity contribution in [3.05, 3.63) is 28.3 Å². The summed E-state index contributed by atoms with van der Waals surface area (Å²) in [7, 11) is 0. The molecule has 0 radical (unpaired) electrons. The van der Waals surface area contributed by atoms with E-state index in [9.17, 15) is 9.59 Å². The minimum absolute atomic E-state index is 0.0369. The Balaban J connectivity index is 1.94. The number of nitrogens with one attached hydrogen (secondary N) is 1. The summed E-state index contributed by atoms with van der Waals surface area (Å²) in [6, 6.07) is 4.14. The number of rotatable bonds is 5. The SMILES string of the molecule is CC(=O)N(CCC(=O)Nc1c(C)cc(C)cc1Cl)C1CC1. The van der Waals surface area contributed by atoms with Gasteiger partial charge in [-0.15, -0.1) is 0 Å². The van der Waals surface area contributed by atoms with Crippen molar-refractivity contribution >= 4 is 29.1 Å². The van der Waals surface area contributed by atoms with Crippen molar-refractivity contribution in [1.82, 2.24) is 4.90 Å². The minimum atomic E-state index is -0.115. The highest BCUT2D eigenvalue weighted by atomic mass is 35.5. The molecule has 0 aromatic heterocycles. The average Bonchev–Trinajstić information content (AvgIpc) is 3.18. The molecule has 2 rings (SSSR count). The van der Waals surface area contributed by atoms with Gasteiger partial charge >= 0.3 is 0 Å². The number of carbonyl (C=O) groups excluding carboxylic acids is 2. The van der Waals surface area contributed by atoms with E-state index in [0.29, 0.717) is 29.7 Å². The summed E-state index contributed by atoms with van der Waals surface area (Å²) in [5.41, 5.74) is 2.67. The van der Waals surface area contributed by atoms with Crippen LogP contribution in [-0.4, -0.2) is 29.3 Å². The molecule has 2 amide bonds. The summed E-state index contributed by atoms with van der Waals surface area (Å²) in [5.74, 6) is -0.0781. The minimum Gasteiger partial charge on any atom is -0.339 e. The molecule has 1 aromatic rings. The second-order valence-corrected chi connectivity index (χ2v) is 6.09. The lowest BCUT2D eigenvalue weighted by atomic mass is 10.1. The van der Waals surface area contributed by atoms with Crippen LogP contribution in [0.1, 0.15) is 37.3 Å². The van der Waals surface area contributed by atoms with Crippen molar-refractivity contribution in [3.8, 4) is 0 Å². The predicted molar refractivity (Wildman–Crippen MR) is 84.6 cm³/mol. The van der Waals surface area contributed by atoms with Crippen molar-refractivity contribution in [2.24, 2.45) is 0 Å². The van der Waals surface area contributed by atoms with Crippen molar-refractivity contribution in [1.29, 1.82) is 0 Å². The van der Waals surface area contributed by atoms with Gasteiger partial charge in [0.15, 0.2) is 0 Å². The van der Waals surface area contributed by atoms with E-state index >= 15 is 0 Å². The van der Waals surface area contributed by atoms with Gasteiger partial charge in [0.1, 0.15) is 0 Å². The molecule has 5 heteroatoms. The van der Waals surface area contributed by atoms with Crippen LogP contribution in [-0.2, 0) is 9.59 Å². The van der Waals surface area contributed by atoms with Gasteiger partial charge in [0, 0.05) is 25.9 Å². The lowest BCUT2D eigenvalue weighted by Gasteiger charge is -2.20. The Morgan fingerprint density at radius 3 is 2.52 bits per heavy atom. The van der Waals surface area contributed by atoms with E-state index in [1.54, 1.807) is 11.8 Å². The summed E-state index contributed by atoms with van der Waals surface area (Å²) >= 11 is 6.17. The van der Waals surface area contributed by atoms with E-state index in [4.69, 9.17) is 11.6 Å². The fourth-order valence-electron chi connectivity index (χ4n) is 2.48. The number of nitrogens with zero attached hydrogens (tertiary/aromatic N) is 1. The van der Waals surface area contributed by atoms with E-state index in [0.717, 1.165) is 24.0 Å². The molecule has 4 nitrogen and oxygen atoms in total. The maximum atomic E-state index is 12.1. The Labute approximate surface area is 130 Å². The van der Waals surface area contributed by atoms with Crippen LogP contribution in [0.4, 0.5) is 5.69 Å². The number of amides is 2. The van der Waals surface area contributed by atoms with E-state index in [1.165, 1.54) is 0 Å². The second-order valence-electron chi connectivity index (χ2n) is 5.68. The maximum Gasteiger partial charge on any atom is 0.226 e. The molecule has 0 unspecified atom stereocenters. The van der Waals surface area contributed by atoms with Crippen molar-refractivity contribution in [2.75, 3.05) is 11.9 Å². The smallest absolute Gasteiger partial charge is 0.226 e. The molecule has 1 aliphatic carbocycles. The molecular formula is C16H21ClN2O2. The quantitative estimate of drug-likeness (QED) is 0.907. The molecule has 1 N–H and O–H groups in total. The summed E-state index contributed by atoms with van der Waals surface area (Å²) in [6.45, 7) is 5.90. The molecule has 0 saturated heterocycles. The van der Waals surface area contributed by atoms with Gasteiger partial charge in [-0.2, -0.15) is 0 Å². The summed E-state index contributed by atoms with van der Waals surface area (Å²) in [4.78, 5) is 25.4. The zero-order chi connectivity index (χ0) is 15.6. The lowest BCUT2D eigenvalue weighted by Crippen LogP contribution is -2.33. The average molecular weight is 309 g/mol. The molecule has 21 heavy (non-hydrogen) atoms. The number of anilines is 1. The summed E-state index contributed by atoms with van der Waals surface area (Å²) in [6.07, 6.45) is 2.38. The molecule has 0 heterocycles. The molecule has 1 fully saturated rings. The maximum absolute atomic E-state index is 12.1. The van der Waals surface area contributed by atoms with E-state index in [2.05, 4.69) is 5.32 Å². The van der Waals surface area contributed by atoms with Crippen LogP contribution in [0.25, 0.3) is 0 Å². The zero-order valence-corrected chi connectivity index (χ0v) is 13.5. The Morgan fingerprint density at radius 1 is 1.33 bits per heavy atom. The van der Waals surface area contributed by atoms with Gasteiger partial charge < -0.3 is 10.2 Å². The fraction of sp³-hybridized carbons (Fsp3) is 0.500. The van der Waals surface area contributed by atoms with Crippen LogP contribution >= 0.6 is 11.6 Å². The third kappa shape index (κ3) is 4.21. The largest absolute Gasteiger partial charge is 0.339 e. The normalized spacial score (nSPS) is 13.9. The Morgan fingerprint density at radius 2 is 2.00 bits per heavy atom. The molecule has 0 aliphatic heterocycles. The molecule has 114 valence electrons. The van der Waals surface area contributed by atoms with Gasteiger partial charge in [0.25, 0.3) is 0 Å². The van der Waals surface area contributed by atoms with Gasteiger partial charge in [-0.25, -0.2) is 0 Å². The van der Waals surface area contributed by atoms with E-state index in [1.807, 2.05) is 26.0 Å². The molecule has 1 aliphatic rings. The van der Waals surface area contributed by atoms with Gasteiger partial charge in [0.05, 0.1) is 10.7 Å². The van der Waals surface area contributed by atoms with Gasteiger partial charge in [-0.1, -0.05) is 17.7 Å². The van der Waals surface area contributed by atoms with Gasteiger partial charge in [-0.3, -0.25) is 9.59 Å². The fourth-order valence-corrected chi connectivity index (χ4v) is 2.85. The highest BCUT2D eigenvalue weighted by Crippen LogP contribution is 2.28. The molecule has 0 spiro atoms. The van der Waals surface area contributed by atoms with Crippen LogP contribution in [0.2, 0.25) is 5.02 Å². The van der Waals surface area contributed by atoms with Gasteiger partial charge in [-0.05, 0) is 43.9 Å². The van der Waals surface area contributed by atoms with Crippen LogP contribution in [0, 0.1) is 13.8 Å². The Kier molecular flexibility index (Phi) is 4.88.